The Morgan fingerprint density at radius 1 is 1.11 bits per heavy atom. The first-order chi connectivity index (χ1) is 9.18. The number of fused-ring (bicyclic) bond motifs is 1. The molecule has 0 saturated carbocycles. The maximum Gasteiger partial charge on any atom is 0.329 e. The number of anilines is 1. The summed E-state index contributed by atoms with van der Waals surface area (Å²) in [6.45, 7) is 0. The van der Waals surface area contributed by atoms with Crippen molar-refractivity contribution >= 4 is 11.7 Å². The van der Waals surface area contributed by atoms with Crippen molar-refractivity contribution < 1.29 is 15.1 Å². The number of hydrogen-bond donors (Lipinski definition) is 2. The van der Waals surface area contributed by atoms with E-state index in [1.54, 1.807) is 6.07 Å². The Morgan fingerprint density at radius 3 is 2.53 bits per heavy atom. The fourth-order valence-electron chi connectivity index (χ4n) is 2.53. The van der Waals surface area contributed by atoms with Crippen LogP contribution in [0.1, 0.15) is 5.56 Å². The monoisotopic (exact) mass is 255 g/mol. The molecule has 1 heterocycles. The van der Waals surface area contributed by atoms with Gasteiger partial charge in [0.2, 0.25) is 0 Å². The number of hydrogen-bond acceptors (Lipinski definition) is 3. The average molecular weight is 255 g/mol. The molecule has 0 bridgehead atoms. The summed E-state index contributed by atoms with van der Waals surface area (Å²) in [5.74, 6) is -1.02. The van der Waals surface area contributed by atoms with Crippen molar-refractivity contribution in [2.45, 2.75) is 12.5 Å². The summed E-state index contributed by atoms with van der Waals surface area (Å²) in [4.78, 5) is 11.1. The van der Waals surface area contributed by atoms with Crippen LogP contribution in [0.5, 0.6) is 0 Å². The molecular weight excluding hydrogens is 242 g/mol. The van der Waals surface area contributed by atoms with Crippen LogP contribution >= 0.6 is 0 Å². The smallest absolute Gasteiger partial charge is 0.329 e. The Bertz CT molecular complexity index is 625. The van der Waals surface area contributed by atoms with E-state index in [1.165, 1.54) is 0 Å². The van der Waals surface area contributed by atoms with Crippen molar-refractivity contribution in [3.05, 3.63) is 54.1 Å². The fraction of sp³-hybridized carbons (Fsp3) is 0.133. The van der Waals surface area contributed by atoms with Gasteiger partial charge in [-0.1, -0.05) is 42.5 Å². The van der Waals surface area contributed by atoms with Crippen molar-refractivity contribution in [1.82, 2.24) is 0 Å². The Balaban J connectivity index is 2.11. The zero-order valence-electron chi connectivity index (χ0n) is 10.2. The van der Waals surface area contributed by atoms with Crippen LogP contribution in [0, 0.1) is 0 Å². The maximum atomic E-state index is 11.1. The number of rotatable bonds is 2. The highest BCUT2D eigenvalue weighted by molar-refractivity contribution is 5.85. The van der Waals surface area contributed by atoms with Crippen LogP contribution in [0.2, 0.25) is 0 Å². The van der Waals surface area contributed by atoms with Gasteiger partial charge in [-0.15, -0.1) is 0 Å². The Morgan fingerprint density at radius 2 is 1.84 bits per heavy atom. The van der Waals surface area contributed by atoms with Gasteiger partial charge < -0.3 is 5.11 Å². The molecule has 0 amide bonds. The van der Waals surface area contributed by atoms with Crippen LogP contribution in [-0.4, -0.2) is 22.3 Å². The van der Waals surface area contributed by atoms with Crippen molar-refractivity contribution in [2.24, 2.45) is 0 Å². The highest BCUT2D eigenvalue weighted by atomic mass is 16.5. The van der Waals surface area contributed by atoms with E-state index < -0.39 is 12.0 Å². The van der Waals surface area contributed by atoms with Gasteiger partial charge in [-0.05, 0) is 22.8 Å². The predicted octanol–water partition coefficient (Wildman–Crippen LogP) is 2.56. The minimum absolute atomic E-state index is 0.312. The molecule has 19 heavy (non-hydrogen) atoms. The Labute approximate surface area is 110 Å². The largest absolute Gasteiger partial charge is 0.480 e. The molecule has 3 rings (SSSR count). The number of aliphatic carboxylic acids is 1. The molecule has 1 unspecified atom stereocenters. The third-order valence-electron chi connectivity index (χ3n) is 3.46. The lowest BCUT2D eigenvalue weighted by Crippen LogP contribution is -2.35. The van der Waals surface area contributed by atoms with E-state index in [1.807, 2.05) is 42.5 Å². The molecule has 4 nitrogen and oxygen atoms in total. The van der Waals surface area contributed by atoms with E-state index in [9.17, 15) is 10.0 Å². The molecule has 1 atom stereocenters. The van der Waals surface area contributed by atoms with E-state index in [2.05, 4.69) is 0 Å². The van der Waals surface area contributed by atoms with E-state index in [-0.39, 0.29) is 0 Å². The van der Waals surface area contributed by atoms with Gasteiger partial charge >= 0.3 is 5.97 Å². The van der Waals surface area contributed by atoms with Crippen LogP contribution in [0.3, 0.4) is 0 Å². The van der Waals surface area contributed by atoms with Crippen LogP contribution < -0.4 is 5.06 Å². The van der Waals surface area contributed by atoms with Crippen molar-refractivity contribution in [3.8, 4) is 11.1 Å². The van der Waals surface area contributed by atoms with Gasteiger partial charge in [0, 0.05) is 6.42 Å². The normalized spacial score (nSPS) is 17.3. The van der Waals surface area contributed by atoms with Crippen molar-refractivity contribution in [2.75, 3.05) is 5.06 Å². The van der Waals surface area contributed by atoms with Gasteiger partial charge in [0.15, 0.2) is 6.04 Å². The minimum atomic E-state index is -1.02. The first-order valence-corrected chi connectivity index (χ1v) is 6.06. The SMILES string of the molecule is O=C(O)C1Cc2c(-c3ccccc3)cccc2N1O. The number of benzene rings is 2. The van der Waals surface area contributed by atoms with Gasteiger partial charge in [-0.25, -0.2) is 9.86 Å². The highest BCUT2D eigenvalue weighted by Crippen LogP contribution is 2.37. The van der Waals surface area contributed by atoms with Crippen LogP contribution in [-0.2, 0) is 11.2 Å². The summed E-state index contributed by atoms with van der Waals surface area (Å²) in [6.07, 6.45) is 0.312. The van der Waals surface area contributed by atoms with Gasteiger partial charge in [0.05, 0.1) is 5.69 Å². The predicted molar refractivity (Wildman–Crippen MR) is 71.3 cm³/mol. The molecule has 96 valence electrons. The third-order valence-corrected chi connectivity index (χ3v) is 3.46. The molecule has 2 aromatic carbocycles. The summed E-state index contributed by atoms with van der Waals surface area (Å²) in [7, 11) is 0. The molecule has 0 fully saturated rings. The van der Waals surface area contributed by atoms with E-state index in [4.69, 9.17) is 5.11 Å². The summed E-state index contributed by atoms with van der Waals surface area (Å²) in [6, 6.07) is 14.4. The number of hydroxylamine groups is 1. The standard InChI is InChI=1S/C15H13NO3/c17-15(18)14-9-12-11(10-5-2-1-3-6-10)7-4-8-13(12)16(14)19/h1-8,14,19H,9H2,(H,17,18). The second-order valence-electron chi connectivity index (χ2n) is 4.57. The number of carboxylic acid groups (broad SMARTS) is 1. The van der Waals surface area contributed by atoms with Crippen LogP contribution in [0.4, 0.5) is 5.69 Å². The first-order valence-electron chi connectivity index (χ1n) is 6.06. The average Bonchev–Trinajstić information content (AvgIpc) is 2.78. The quantitative estimate of drug-likeness (QED) is 0.865. The molecule has 0 saturated heterocycles. The van der Waals surface area contributed by atoms with Crippen LogP contribution in [0.15, 0.2) is 48.5 Å². The van der Waals surface area contributed by atoms with E-state index in [0.717, 1.165) is 21.8 Å². The highest BCUT2D eigenvalue weighted by Gasteiger charge is 2.35. The summed E-state index contributed by atoms with van der Waals surface area (Å²) in [5.41, 5.74) is 3.46. The van der Waals surface area contributed by atoms with Gasteiger partial charge in [0.25, 0.3) is 0 Å². The second-order valence-corrected chi connectivity index (χ2v) is 4.57. The lowest BCUT2D eigenvalue weighted by Gasteiger charge is -2.15. The number of nitrogens with zero attached hydrogens (tertiary/aromatic N) is 1. The minimum Gasteiger partial charge on any atom is -0.480 e. The number of carboxylic acids is 1. The molecular formula is C15H13NO3. The summed E-state index contributed by atoms with van der Waals surface area (Å²) >= 11 is 0. The van der Waals surface area contributed by atoms with Crippen molar-refractivity contribution in [3.63, 3.8) is 0 Å². The maximum absolute atomic E-state index is 11.1. The zero-order valence-corrected chi connectivity index (χ0v) is 10.2. The molecule has 1 aliphatic heterocycles. The van der Waals surface area contributed by atoms with Gasteiger partial charge in [0.1, 0.15) is 0 Å². The second kappa shape index (κ2) is 4.40. The fourth-order valence-corrected chi connectivity index (χ4v) is 2.53. The van der Waals surface area contributed by atoms with Gasteiger partial charge in [-0.3, -0.25) is 5.21 Å². The molecule has 0 radical (unpaired) electrons. The Hall–Kier alpha value is -2.33. The summed E-state index contributed by atoms with van der Waals surface area (Å²) in [5, 5.41) is 19.9. The molecule has 2 aromatic rings. The van der Waals surface area contributed by atoms with Crippen LogP contribution in [0.25, 0.3) is 11.1 Å². The zero-order chi connectivity index (χ0) is 13.4. The van der Waals surface area contributed by atoms with Gasteiger partial charge in [-0.2, -0.15) is 0 Å². The molecule has 4 heteroatoms. The number of carbonyl (C=O) groups is 1. The summed E-state index contributed by atoms with van der Waals surface area (Å²) < 4.78 is 0. The molecule has 1 aliphatic rings. The molecule has 0 aliphatic carbocycles. The lowest BCUT2D eigenvalue weighted by molar-refractivity contribution is -0.139. The topological polar surface area (TPSA) is 60.8 Å². The third kappa shape index (κ3) is 1.86. The molecule has 0 aromatic heterocycles. The van der Waals surface area contributed by atoms with Crippen molar-refractivity contribution in [1.29, 1.82) is 0 Å². The molecule has 2 N–H and O–H groups in total. The first kappa shape index (κ1) is 11.7. The van der Waals surface area contributed by atoms with E-state index in [0.29, 0.717) is 12.1 Å². The van der Waals surface area contributed by atoms with E-state index >= 15 is 0 Å². The lowest BCUT2D eigenvalue weighted by atomic mass is 9.97. The Kier molecular flexibility index (Phi) is 2.72. The molecule has 0 spiro atoms.